The monoisotopic (exact) mass is 191 g/mol. The molecule has 0 aromatic heterocycles. The van der Waals surface area contributed by atoms with E-state index in [0.29, 0.717) is 0 Å². The third-order valence-electron chi connectivity index (χ3n) is 3.81. The summed E-state index contributed by atoms with van der Waals surface area (Å²) in [5.74, 6) is 0.694. The third-order valence-corrected chi connectivity index (χ3v) is 3.81. The fraction of sp³-hybridized carbons (Fsp3) is 0.500. The van der Waals surface area contributed by atoms with E-state index in [0.717, 1.165) is 24.6 Å². The number of piperidine rings is 1. The Balaban J connectivity index is 2.01. The van der Waals surface area contributed by atoms with Crippen molar-refractivity contribution in [2.75, 3.05) is 13.1 Å². The molecular formula is C12H14FN. The number of nitrogens with one attached hydrogen (secondary N) is 1. The Hall–Kier alpha value is -0.890. The van der Waals surface area contributed by atoms with E-state index in [-0.39, 0.29) is 11.2 Å². The molecule has 1 aromatic rings. The van der Waals surface area contributed by atoms with Crippen molar-refractivity contribution in [1.82, 2.24) is 5.32 Å². The van der Waals surface area contributed by atoms with E-state index in [1.165, 1.54) is 12.0 Å². The van der Waals surface area contributed by atoms with Crippen LogP contribution in [0.2, 0.25) is 0 Å². The van der Waals surface area contributed by atoms with Gasteiger partial charge in [0.2, 0.25) is 0 Å². The molecule has 1 saturated carbocycles. The van der Waals surface area contributed by atoms with Gasteiger partial charge in [-0.05, 0) is 43.0 Å². The molecule has 2 atom stereocenters. The summed E-state index contributed by atoms with van der Waals surface area (Å²) in [5, 5.41) is 3.37. The average molecular weight is 191 g/mol. The van der Waals surface area contributed by atoms with Crippen molar-refractivity contribution in [2.24, 2.45) is 5.92 Å². The van der Waals surface area contributed by atoms with Gasteiger partial charge in [-0.3, -0.25) is 0 Å². The lowest BCUT2D eigenvalue weighted by Gasteiger charge is -2.12. The van der Waals surface area contributed by atoms with Crippen molar-refractivity contribution in [3.05, 3.63) is 35.1 Å². The lowest BCUT2D eigenvalue weighted by atomic mass is 9.94. The summed E-state index contributed by atoms with van der Waals surface area (Å²) in [4.78, 5) is 0. The molecule has 1 saturated heterocycles. The van der Waals surface area contributed by atoms with Crippen LogP contribution in [-0.2, 0) is 5.41 Å². The predicted molar refractivity (Wildman–Crippen MR) is 53.8 cm³/mol. The molecule has 1 aliphatic carbocycles. The molecule has 74 valence electrons. The van der Waals surface area contributed by atoms with E-state index >= 15 is 0 Å². The van der Waals surface area contributed by atoms with E-state index in [4.69, 9.17) is 0 Å². The minimum atomic E-state index is -0.0607. The normalized spacial score (nSPS) is 34.3. The standard InChI is InChI=1S/C12H14FN/c1-8-2-3-9(4-11(8)13)12-5-10(12)6-14-7-12/h2-4,10,14H,5-7H2,1H3/t10-,12+/m0/s1. The molecule has 3 rings (SSSR count). The molecule has 0 bridgehead atoms. The Bertz CT molecular complexity index is 388. The third kappa shape index (κ3) is 0.976. The summed E-state index contributed by atoms with van der Waals surface area (Å²) in [6, 6.07) is 5.71. The largest absolute Gasteiger partial charge is 0.316 e. The van der Waals surface area contributed by atoms with Gasteiger partial charge in [0.05, 0.1) is 0 Å². The number of benzene rings is 1. The molecular weight excluding hydrogens is 177 g/mol. The van der Waals surface area contributed by atoms with Crippen LogP contribution < -0.4 is 5.32 Å². The second-order valence-electron chi connectivity index (χ2n) is 4.65. The summed E-state index contributed by atoms with van der Waals surface area (Å²) in [6.07, 6.45) is 1.24. The van der Waals surface area contributed by atoms with Gasteiger partial charge in [0.1, 0.15) is 5.82 Å². The maximum absolute atomic E-state index is 13.4. The van der Waals surface area contributed by atoms with Gasteiger partial charge in [0.15, 0.2) is 0 Å². The first-order valence-electron chi connectivity index (χ1n) is 5.20. The summed E-state index contributed by atoms with van der Waals surface area (Å²) in [7, 11) is 0. The van der Waals surface area contributed by atoms with E-state index in [2.05, 4.69) is 11.4 Å². The van der Waals surface area contributed by atoms with Crippen LogP contribution >= 0.6 is 0 Å². The Kier molecular flexibility index (Phi) is 1.55. The van der Waals surface area contributed by atoms with Gasteiger partial charge >= 0.3 is 0 Å². The van der Waals surface area contributed by atoms with Crippen LogP contribution in [0.5, 0.6) is 0 Å². The van der Waals surface area contributed by atoms with Gasteiger partial charge in [0.25, 0.3) is 0 Å². The quantitative estimate of drug-likeness (QED) is 0.716. The number of hydrogen-bond acceptors (Lipinski definition) is 1. The molecule has 1 aliphatic heterocycles. The molecule has 1 N–H and O–H groups in total. The Morgan fingerprint density at radius 2 is 2.36 bits per heavy atom. The smallest absolute Gasteiger partial charge is 0.126 e. The summed E-state index contributed by atoms with van der Waals surface area (Å²) in [5.41, 5.74) is 2.22. The number of aryl methyl sites for hydroxylation is 1. The highest BCUT2D eigenvalue weighted by Gasteiger charge is 2.58. The first-order chi connectivity index (χ1) is 6.72. The molecule has 14 heavy (non-hydrogen) atoms. The number of fused-ring (bicyclic) bond motifs is 1. The van der Waals surface area contributed by atoms with E-state index in [1.807, 2.05) is 13.0 Å². The number of halogens is 1. The number of hydrogen-bond donors (Lipinski definition) is 1. The van der Waals surface area contributed by atoms with Crippen LogP contribution in [0.1, 0.15) is 17.5 Å². The molecule has 2 aliphatic rings. The second kappa shape index (κ2) is 2.57. The molecule has 0 amide bonds. The van der Waals surface area contributed by atoms with Crippen molar-refractivity contribution in [1.29, 1.82) is 0 Å². The first kappa shape index (κ1) is 8.42. The molecule has 1 aromatic carbocycles. The minimum absolute atomic E-state index is 0.0607. The van der Waals surface area contributed by atoms with Crippen LogP contribution in [0.15, 0.2) is 18.2 Å². The lowest BCUT2D eigenvalue weighted by molar-refractivity contribution is 0.606. The van der Waals surface area contributed by atoms with Gasteiger partial charge in [-0.2, -0.15) is 0 Å². The summed E-state index contributed by atoms with van der Waals surface area (Å²) in [6.45, 7) is 3.95. The van der Waals surface area contributed by atoms with E-state index in [1.54, 1.807) is 6.07 Å². The van der Waals surface area contributed by atoms with Crippen LogP contribution in [0.25, 0.3) is 0 Å². The molecule has 2 heteroatoms. The predicted octanol–water partition coefficient (Wildman–Crippen LogP) is 2.00. The summed E-state index contributed by atoms with van der Waals surface area (Å²) < 4.78 is 13.4. The van der Waals surface area contributed by atoms with Crippen molar-refractivity contribution in [3.8, 4) is 0 Å². The van der Waals surface area contributed by atoms with Crippen LogP contribution in [0.3, 0.4) is 0 Å². The van der Waals surface area contributed by atoms with E-state index < -0.39 is 0 Å². The highest BCUT2D eigenvalue weighted by Crippen LogP contribution is 2.56. The first-order valence-corrected chi connectivity index (χ1v) is 5.20. The molecule has 1 nitrogen and oxygen atoms in total. The Morgan fingerprint density at radius 1 is 1.50 bits per heavy atom. The maximum atomic E-state index is 13.4. The Morgan fingerprint density at radius 3 is 2.93 bits per heavy atom. The second-order valence-corrected chi connectivity index (χ2v) is 4.65. The van der Waals surface area contributed by atoms with Gasteiger partial charge in [-0.15, -0.1) is 0 Å². The zero-order valence-corrected chi connectivity index (χ0v) is 8.31. The van der Waals surface area contributed by atoms with Gasteiger partial charge in [-0.1, -0.05) is 12.1 Å². The minimum Gasteiger partial charge on any atom is -0.316 e. The van der Waals surface area contributed by atoms with Crippen molar-refractivity contribution < 1.29 is 4.39 Å². The highest BCUT2D eigenvalue weighted by atomic mass is 19.1. The molecule has 0 radical (unpaired) electrons. The number of rotatable bonds is 1. The van der Waals surface area contributed by atoms with Gasteiger partial charge < -0.3 is 5.32 Å². The summed E-state index contributed by atoms with van der Waals surface area (Å²) >= 11 is 0. The fourth-order valence-corrected chi connectivity index (χ4v) is 2.69. The van der Waals surface area contributed by atoms with Gasteiger partial charge in [0, 0.05) is 12.0 Å². The van der Waals surface area contributed by atoms with Crippen LogP contribution in [-0.4, -0.2) is 13.1 Å². The topological polar surface area (TPSA) is 12.0 Å². The van der Waals surface area contributed by atoms with Crippen molar-refractivity contribution >= 4 is 0 Å². The zero-order chi connectivity index (χ0) is 9.76. The maximum Gasteiger partial charge on any atom is 0.126 e. The van der Waals surface area contributed by atoms with Crippen molar-refractivity contribution in [3.63, 3.8) is 0 Å². The average Bonchev–Trinajstić information content (AvgIpc) is 2.75. The Labute approximate surface area is 83.3 Å². The fourth-order valence-electron chi connectivity index (χ4n) is 2.69. The van der Waals surface area contributed by atoms with Crippen LogP contribution in [0.4, 0.5) is 4.39 Å². The van der Waals surface area contributed by atoms with Crippen LogP contribution in [0, 0.1) is 18.7 Å². The highest BCUT2D eigenvalue weighted by molar-refractivity contribution is 5.38. The zero-order valence-electron chi connectivity index (χ0n) is 8.31. The van der Waals surface area contributed by atoms with Crippen molar-refractivity contribution in [2.45, 2.75) is 18.8 Å². The van der Waals surface area contributed by atoms with Gasteiger partial charge in [-0.25, -0.2) is 4.39 Å². The SMILES string of the molecule is Cc1ccc([C@@]23CNC[C@@H]2C3)cc1F. The molecule has 0 spiro atoms. The molecule has 1 heterocycles. The lowest BCUT2D eigenvalue weighted by Crippen LogP contribution is -2.19. The van der Waals surface area contributed by atoms with E-state index in [9.17, 15) is 4.39 Å². The molecule has 2 fully saturated rings. The molecule has 0 unspecified atom stereocenters.